The van der Waals surface area contributed by atoms with Crippen LogP contribution < -0.4 is 5.32 Å². The summed E-state index contributed by atoms with van der Waals surface area (Å²) in [6.07, 6.45) is 57.6. The van der Waals surface area contributed by atoms with E-state index < -0.39 is 18.2 Å². The Balaban J connectivity index is 4.59. The summed E-state index contributed by atoms with van der Waals surface area (Å²) in [4.78, 5) is 26.0. The smallest absolute Gasteiger partial charge is 0.306 e. The molecule has 6 nitrogen and oxygen atoms in total. The van der Waals surface area contributed by atoms with Gasteiger partial charge in [0.25, 0.3) is 0 Å². The Kier molecular flexibility index (Phi) is 46.1. The van der Waals surface area contributed by atoms with E-state index in [1.807, 2.05) is 6.08 Å². The highest BCUT2D eigenvalue weighted by atomic mass is 16.5. The quantitative estimate of drug-likeness (QED) is 0.0322. The van der Waals surface area contributed by atoms with E-state index in [1.165, 1.54) is 154 Å². The van der Waals surface area contributed by atoms with Crippen molar-refractivity contribution in [1.82, 2.24) is 5.32 Å². The van der Waals surface area contributed by atoms with Gasteiger partial charge in [0.1, 0.15) is 6.10 Å². The van der Waals surface area contributed by atoms with E-state index in [-0.39, 0.29) is 24.9 Å². The second-order valence-corrected chi connectivity index (χ2v) is 17.6. The summed E-state index contributed by atoms with van der Waals surface area (Å²) in [7, 11) is 0. The molecule has 0 aliphatic carbocycles. The van der Waals surface area contributed by atoms with Crippen LogP contribution in [0.25, 0.3) is 0 Å². The molecule has 0 heterocycles. The average molecular weight is 842 g/mol. The lowest BCUT2D eigenvalue weighted by Crippen LogP contribution is -2.46. The van der Waals surface area contributed by atoms with Crippen LogP contribution in [0.2, 0.25) is 0 Å². The number of ether oxygens (including phenoxy) is 1. The van der Waals surface area contributed by atoms with Gasteiger partial charge in [-0.25, -0.2) is 0 Å². The molecule has 0 spiro atoms. The molecule has 0 fully saturated rings. The number of carbonyl (C=O) groups is 2. The third-order valence-corrected chi connectivity index (χ3v) is 11.7. The summed E-state index contributed by atoms with van der Waals surface area (Å²) in [6.45, 7) is 6.42. The molecule has 3 unspecified atom stereocenters. The maximum Gasteiger partial charge on any atom is 0.306 e. The predicted octanol–water partition coefficient (Wildman–Crippen LogP) is 15.5. The highest BCUT2D eigenvalue weighted by Gasteiger charge is 2.23. The van der Waals surface area contributed by atoms with Gasteiger partial charge < -0.3 is 20.3 Å². The van der Waals surface area contributed by atoms with Crippen molar-refractivity contribution in [2.75, 3.05) is 6.61 Å². The fourth-order valence-corrected chi connectivity index (χ4v) is 7.70. The molecule has 0 radical (unpaired) electrons. The lowest BCUT2D eigenvalue weighted by Gasteiger charge is -2.24. The van der Waals surface area contributed by atoms with Crippen LogP contribution in [-0.4, -0.2) is 46.9 Å². The van der Waals surface area contributed by atoms with Crippen molar-refractivity contribution in [2.45, 2.75) is 277 Å². The van der Waals surface area contributed by atoms with Gasteiger partial charge in [-0.1, -0.05) is 243 Å². The second-order valence-electron chi connectivity index (χ2n) is 17.6. The van der Waals surface area contributed by atoms with Gasteiger partial charge in [0.05, 0.1) is 25.2 Å². The molecule has 0 bridgehead atoms. The van der Waals surface area contributed by atoms with Gasteiger partial charge in [0, 0.05) is 12.8 Å². The van der Waals surface area contributed by atoms with Crippen molar-refractivity contribution in [3.63, 3.8) is 0 Å². The molecular formula is C54H99NO5. The van der Waals surface area contributed by atoms with Crippen LogP contribution in [0.4, 0.5) is 0 Å². The number of aliphatic hydroxyl groups is 2. The first-order valence-electron chi connectivity index (χ1n) is 25.9. The molecule has 1 amide bonds. The van der Waals surface area contributed by atoms with Gasteiger partial charge in [-0.05, 0) is 44.9 Å². The van der Waals surface area contributed by atoms with E-state index >= 15 is 0 Å². The van der Waals surface area contributed by atoms with E-state index in [0.717, 1.165) is 57.8 Å². The SMILES string of the molecule is CCCCC/C=C\C/C=C\C/C=C\C/C=C\CC(CC(=O)NC(CO)C(O)CCCCCCCCCCCCCCCCCCC)OC(=O)CCCCCCCCCCC. The van der Waals surface area contributed by atoms with E-state index in [4.69, 9.17) is 4.74 Å². The minimum absolute atomic E-state index is 0.00384. The number of carbonyl (C=O) groups excluding carboxylic acids is 2. The highest BCUT2D eigenvalue weighted by Crippen LogP contribution is 2.17. The van der Waals surface area contributed by atoms with Crippen molar-refractivity contribution in [3.8, 4) is 0 Å². The number of allylic oxidation sites excluding steroid dienone is 7. The zero-order valence-electron chi connectivity index (χ0n) is 39.8. The molecule has 3 atom stereocenters. The van der Waals surface area contributed by atoms with Crippen LogP contribution >= 0.6 is 0 Å². The van der Waals surface area contributed by atoms with E-state index in [9.17, 15) is 19.8 Å². The van der Waals surface area contributed by atoms with Gasteiger partial charge in [-0.2, -0.15) is 0 Å². The first-order valence-corrected chi connectivity index (χ1v) is 25.9. The molecule has 60 heavy (non-hydrogen) atoms. The van der Waals surface area contributed by atoms with Crippen LogP contribution in [0.5, 0.6) is 0 Å². The number of unbranched alkanes of at least 4 members (excludes halogenated alkanes) is 27. The normalized spacial score (nSPS) is 13.6. The van der Waals surface area contributed by atoms with Crippen molar-refractivity contribution in [3.05, 3.63) is 48.6 Å². The Morgan fingerprint density at radius 3 is 1.33 bits per heavy atom. The first kappa shape index (κ1) is 57.8. The molecule has 0 aromatic rings. The first-order chi connectivity index (χ1) is 29.5. The molecule has 0 aliphatic rings. The second kappa shape index (κ2) is 47.9. The lowest BCUT2D eigenvalue weighted by atomic mass is 10.0. The molecule has 0 saturated heterocycles. The Morgan fingerprint density at radius 2 is 0.883 bits per heavy atom. The topological polar surface area (TPSA) is 95.9 Å². The molecule has 0 aliphatic heterocycles. The summed E-state index contributed by atoms with van der Waals surface area (Å²) in [5, 5.41) is 23.7. The molecule has 0 rings (SSSR count). The van der Waals surface area contributed by atoms with Crippen LogP contribution in [-0.2, 0) is 14.3 Å². The van der Waals surface area contributed by atoms with E-state index in [0.29, 0.717) is 19.3 Å². The summed E-state index contributed by atoms with van der Waals surface area (Å²) in [5.74, 6) is -0.573. The highest BCUT2D eigenvalue weighted by molar-refractivity contribution is 5.77. The number of hydrogen-bond donors (Lipinski definition) is 3. The lowest BCUT2D eigenvalue weighted by molar-refractivity contribution is -0.150. The van der Waals surface area contributed by atoms with Crippen LogP contribution in [0.3, 0.4) is 0 Å². The third kappa shape index (κ3) is 42.5. The number of amides is 1. The average Bonchev–Trinajstić information content (AvgIpc) is 3.24. The van der Waals surface area contributed by atoms with Gasteiger partial charge in [-0.15, -0.1) is 0 Å². The number of aliphatic hydroxyl groups excluding tert-OH is 2. The Hall–Kier alpha value is -2.18. The van der Waals surface area contributed by atoms with Gasteiger partial charge in [0.15, 0.2) is 0 Å². The molecular weight excluding hydrogens is 743 g/mol. The van der Waals surface area contributed by atoms with Crippen LogP contribution in [0.1, 0.15) is 258 Å². The predicted molar refractivity (Wildman–Crippen MR) is 259 cm³/mol. The van der Waals surface area contributed by atoms with Crippen molar-refractivity contribution in [1.29, 1.82) is 0 Å². The fourth-order valence-electron chi connectivity index (χ4n) is 7.70. The summed E-state index contributed by atoms with van der Waals surface area (Å²) >= 11 is 0. The zero-order chi connectivity index (χ0) is 43.8. The maximum absolute atomic E-state index is 13.2. The maximum atomic E-state index is 13.2. The summed E-state index contributed by atoms with van der Waals surface area (Å²) in [6, 6.07) is -0.728. The third-order valence-electron chi connectivity index (χ3n) is 11.7. The Labute approximate surface area is 372 Å². The molecule has 350 valence electrons. The van der Waals surface area contributed by atoms with Crippen molar-refractivity contribution < 1.29 is 24.5 Å². The van der Waals surface area contributed by atoms with Crippen molar-refractivity contribution in [2.24, 2.45) is 0 Å². The van der Waals surface area contributed by atoms with Gasteiger partial charge in [-0.3, -0.25) is 9.59 Å². The minimum Gasteiger partial charge on any atom is -0.461 e. The number of hydrogen-bond acceptors (Lipinski definition) is 5. The monoisotopic (exact) mass is 842 g/mol. The summed E-state index contributed by atoms with van der Waals surface area (Å²) in [5.41, 5.74) is 0. The largest absolute Gasteiger partial charge is 0.461 e. The standard InChI is InChI=1S/C54H99NO5/c1-4-7-10-13-16-19-21-23-25-26-28-30-32-35-37-40-43-46-52(57)51(49-56)55-53(58)48-50(60-54(59)47-44-41-38-33-18-15-12-9-6-3)45-42-39-36-34-31-29-27-24-22-20-17-14-11-8-5-2/h17,20,24,27,31,34,39,42,50-52,56-57H,4-16,18-19,21-23,25-26,28-30,32-33,35-38,40-41,43-49H2,1-3H3,(H,55,58)/b20-17-,27-24-,34-31-,42-39-. The molecule has 6 heteroatoms. The fraction of sp³-hybridized carbons (Fsp3) is 0.815. The van der Waals surface area contributed by atoms with Crippen molar-refractivity contribution >= 4 is 11.9 Å². The van der Waals surface area contributed by atoms with Crippen LogP contribution in [0, 0.1) is 0 Å². The zero-order valence-corrected chi connectivity index (χ0v) is 39.8. The summed E-state index contributed by atoms with van der Waals surface area (Å²) < 4.78 is 5.85. The Morgan fingerprint density at radius 1 is 0.500 bits per heavy atom. The van der Waals surface area contributed by atoms with E-state index in [1.54, 1.807) is 0 Å². The van der Waals surface area contributed by atoms with Crippen LogP contribution in [0.15, 0.2) is 48.6 Å². The molecule has 3 N–H and O–H groups in total. The number of nitrogens with one attached hydrogen (secondary N) is 1. The number of esters is 1. The number of rotatable bonds is 46. The van der Waals surface area contributed by atoms with Gasteiger partial charge >= 0.3 is 5.97 Å². The molecule has 0 aromatic carbocycles. The molecule has 0 aromatic heterocycles. The Bertz CT molecular complexity index is 1040. The molecule has 0 saturated carbocycles. The van der Waals surface area contributed by atoms with Gasteiger partial charge in [0.2, 0.25) is 5.91 Å². The minimum atomic E-state index is -0.809. The van der Waals surface area contributed by atoms with E-state index in [2.05, 4.69) is 68.6 Å².